The molecule has 0 spiro atoms. The standard InChI is InChI=1S/C16H28N2/c1-4-6-7-8-11-18-13-16(3,14-9-10-14)17-12-15(18)5-2/h1,14-15,17H,5-13H2,2-3H3. The molecule has 1 N–H and O–H groups in total. The van der Waals surface area contributed by atoms with Crippen molar-refractivity contribution < 1.29 is 0 Å². The second-order valence-corrected chi connectivity index (χ2v) is 6.27. The summed E-state index contributed by atoms with van der Waals surface area (Å²) in [5, 5.41) is 3.82. The van der Waals surface area contributed by atoms with Crippen molar-refractivity contribution in [2.24, 2.45) is 5.92 Å². The molecule has 0 aromatic rings. The van der Waals surface area contributed by atoms with Crippen LogP contribution in [0, 0.1) is 18.3 Å². The molecule has 2 heteroatoms. The van der Waals surface area contributed by atoms with Crippen molar-refractivity contribution in [3.8, 4) is 12.3 Å². The minimum Gasteiger partial charge on any atom is -0.308 e. The highest BCUT2D eigenvalue weighted by molar-refractivity contribution is 5.03. The SMILES string of the molecule is C#CCCCCN1CC(C)(C2CC2)NCC1CC. The fourth-order valence-electron chi connectivity index (χ4n) is 3.29. The lowest BCUT2D eigenvalue weighted by atomic mass is 9.90. The molecule has 1 saturated carbocycles. The van der Waals surface area contributed by atoms with Gasteiger partial charge in [-0.2, -0.15) is 0 Å². The Morgan fingerprint density at radius 1 is 1.39 bits per heavy atom. The first-order valence-electron chi connectivity index (χ1n) is 7.62. The first kappa shape index (κ1) is 13.9. The fraction of sp³-hybridized carbons (Fsp3) is 0.875. The maximum absolute atomic E-state index is 5.32. The Morgan fingerprint density at radius 3 is 2.78 bits per heavy atom. The molecule has 0 amide bonds. The number of terminal acetylenes is 1. The summed E-state index contributed by atoms with van der Waals surface area (Å²) in [5.74, 6) is 3.66. The number of nitrogens with zero attached hydrogens (tertiary/aromatic N) is 1. The van der Waals surface area contributed by atoms with Crippen LogP contribution in [0.25, 0.3) is 0 Å². The van der Waals surface area contributed by atoms with Crippen LogP contribution in [0.4, 0.5) is 0 Å². The first-order valence-corrected chi connectivity index (χ1v) is 7.62. The topological polar surface area (TPSA) is 15.3 Å². The first-order chi connectivity index (χ1) is 8.69. The van der Waals surface area contributed by atoms with Crippen molar-refractivity contribution in [3.05, 3.63) is 0 Å². The third kappa shape index (κ3) is 3.28. The molecule has 2 rings (SSSR count). The number of unbranched alkanes of at least 4 members (excludes halogenated alkanes) is 2. The van der Waals surface area contributed by atoms with Crippen molar-refractivity contribution in [2.75, 3.05) is 19.6 Å². The molecule has 2 nitrogen and oxygen atoms in total. The van der Waals surface area contributed by atoms with E-state index in [9.17, 15) is 0 Å². The monoisotopic (exact) mass is 248 g/mol. The van der Waals surface area contributed by atoms with E-state index in [1.54, 1.807) is 0 Å². The van der Waals surface area contributed by atoms with Gasteiger partial charge in [-0.05, 0) is 51.5 Å². The average Bonchev–Trinajstić information content (AvgIpc) is 3.19. The Bertz CT molecular complexity index is 303. The molecule has 0 aromatic heterocycles. The highest BCUT2D eigenvalue weighted by atomic mass is 15.3. The minimum absolute atomic E-state index is 0.373. The van der Waals surface area contributed by atoms with Gasteiger partial charge in [0.1, 0.15) is 0 Å². The quantitative estimate of drug-likeness (QED) is 0.574. The Kier molecular flexibility index (Phi) is 4.70. The molecule has 2 fully saturated rings. The van der Waals surface area contributed by atoms with Gasteiger partial charge in [-0.25, -0.2) is 0 Å². The second kappa shape index (κ2) is 6.08. The normalized spacial score (nSPS) is 33.3. The van der Waals surface area contributed by atoms with Gasteiger partial charge in [-0.1, -0.05) is 6.92 Å². The van der Waals surface area contributed by atoms with Crippen LogP contribution < -0.4 is 5.32 Å². The largest absolute Gasteiger partial charge is 0.308 e. The lowest BCUT2D eigenvalue weighted by Crippen LogP contribution is -2.63. The molecule has 2 atom stereocenters. The molecule has 1 aliphatic carbocycles. The van der Waals surface area contributed by atoms with Crippen LogP contribution in [0.5, 0.6) is 0 Å². The van der Waals surface area contributed by atoms with Crippen molar-refractivity contribution in [1.29, 1.82) is 0 Å². The van der Waals surface area contributed by atoms with Gasteiger partial charge in [0, 0.05) is 31.1 Å². The van der Waals surface area contributed by atoms with E-state index in [0.29, 0.717) is 5.54 Å². The Morgan fingerprint density at radius 2 is 2.17 bits per heavy atom. The van der Waals surface area contributed by atoms with Crippen LogP contribution in [0.3, 0.4) is 0 Å². The molecule has 0 radical (unpaired) electrons. The van der Waals surface area contributed by atoms with Gasteiger partial charge in [0.05, 0.1) is 0 Å². The predicted octanol–water partition coefficient (Wildman–Crippen LogP) is 2.64. The molecule has 0 aromatic carbocycles. The van der Waals surface area contributed by atoms with Crippen molar-refractivity contribution in [3.63, 3.8) is 0 Å². The van der Waals surface area contributed by atoms with Crippen LogP contribution in [0.2, 0.25) is 0 Å². The number of hydrogen-bond donors (Lipinski definition) is 1. The summed E-state index contributed by atoms with van der Waals surface area (Å²) in [4.78, 5) is 2.71. The number of piperazine rings is 1. The fourth-order valence-corrected chi connectivity index (χ4v) is 3.29. The van der Waals surface area contributed by atoms with E-state index in [1.165, 1.54) is 51.7 Å². The van der Waals surface area contributed by atoms with Gasteiger partial charge in [-0.15, -0.1) is 12.3 Å². The number of rotatable bonds is 6. The van der Waals surface area contributed by atoms with Crippen LogP contribution in [-0.2, 0) is 0 Å². The average molecular weight is 248 g/mol. The summed E-state index contributed by atoms with van der Waals surface area (Å²) < 4.78 is 0. The van der Waals surface area contributed by atoms with E-state index in [4.69, 9.17) is 6.42 Å². The highest BCUT2D eigenvalue weighted by Crippen LogP contribution is 2.41. The molecule has 0 bridgehead atoms. The highest BCUT2D eigenvalue weighted by Gasteiger charge is 2.45. The zero-order chi connectivity index (χ0) is 13.0. The summed E-state index contributed by atoms with van der Waals surface area (Å²) >= 11 is 0. The second-order valence-electron chi connectivity index (χ2n) is 6.27. The Balaban J connectivity index is 1.85. The van der Waals surface area contributed by atoms with E-state index in [0.717, 1.165) is 18.4 Å². The molecule has 1 saturated heterocycles. The van der Waals surface area contributed by atoms with E-state index in [2.05, 4.69) is 30.0 Å². The van der Waals surface area contributed by atoms with Crippen LogP contribution in [0.15, 0.2) is 0 Å². The lowest BCUT2D eigenvalue weighted by Gasteiger charge is -2.46. The summed E-state index contributed by atoms with van der Waals surface area (Å²) in [5.41, 5.74) is 0.373. The third-order valence-corrected chi connectivity index (χ3v) is 4.76. The molecule has 18 heavy (non-hydrogen) atoms. The van der Waals surface area contributed by atoms with Gasteiger partial charge >= 0.3 is 0 Å². The maximum Gasteiger partial charge on any atom is 0.0309 e. The minimum atomic E-state index is 0.373. The van der Waals surface area contributed by atoms with Gasteiger partial charge < -0.3 is 5.32 Å². The van der Waals surface area contributed by atoms with Crippen LogP contribution in [0.1, 0.15) is 52.4 Å². The maximum atomic E-state index is 5.32. The summed E-state index contributed by atoms with van der Waals surface area (Å²) in [6, 6.07) is 0.725. The molecular formula is C16H28N2. The summed E-state index contributed by atoms with van der Waals surface area (Å²) in [6.45, 7) is 8.35. The molecular weight excluding hydrogens is 220 g/mol. The molecule has 2 aliphatic rings. The van der Waals surface area contributed by atoms with Gasteiger partial charge in [-0.3, -0.25) is 4.90 Å². The zero-order valence-electron chi connectivity index (χ0n) is 12.0. The zero-order valence-corrected chi connectivity index (χ0v) is 12.0. The van der Waals surface area contributed by atoms with E-state index in [1.807, 2.05) is 0 Å². The van der Waals surface area contributed by atoms with Gasteiger partial charge in [0.15, 0.2) is 0 Å². The molecule has 2 unspecified atom stereocenters. The van der Waals surface area contributed by atoms with Crippen molar-refractivity contribution in [2.45, 2.75) is 64.0 Å². The number of hydrogen-bond acceptors (Lipinski definition) is 2. The van der Waals surface area contributed by atoms with Gasteiger partial charge in [0.25, 0.3) is 0 Å². The smallest absolute Gasteiger partial charge is 0.0309 e. The van der Waals surface area contributed by atoms with E-state index < -0.39 is 0 Å². The van der Waals surface area contributed by atoms with Crippen molar-refractivity contribution in [1.82, 2.24) is 10.2 Å². The predicted molar refractivity (Wildman–Crippen MR) is 77.5 cm³/mol. The van der Waals surface area contributed by atoms with Crippen molar-refractivity contribution >= 4 is 0 Å². The lowest BCUT2D eigenvalue weighted by molar-refractivity contribution is 0.0716. The summed E-state index contributed by atoms with van der Waals surface area (Å²) in [7, 11) is 0. The van der Waals surface area contributed by atoms with Crippen LogP contribution >= 0.6 is 0 Å². The summed E-state index contributed by atoms with van der Waals surface area (Å²) in [6.07, 6.45) is 12.8. The Hall–Kier alpha value is -0.520. The van der Waals surface area contributed by atoms with Gasteiger partial charge in [0.2, 0.25) is 0 Å². The number of nitrogens with one attached hydrogen (secondary N) is 1. The van der Waals surface area contributed by atoms with E-state index in [-0.39, 0.29) is 0 Å². The van der Waals surface area contributed by atoms with E-state index >= 15 is 0 Å². The molecule has 102 valence electrons. The third-order valence-electron chi connectivity index (χ3n) is 4.76. The van der Waals surface area contributed by atoms with Crippen LogP contribution in [-0.4, -0.2) is 36.1 Å². The Labute approximate surface area is 113 Å². The molecule has 1 heterocycles. The molecule has 1 aliphatic heterocycles.